The van der Waals surface area contributed by atoms with Gasteiger partial charge in [0.25, 0.3) is 0 Å². The maximum Gasteiger partial charge on any atom is -0.00435 e. The molecule has 86 valence electrons. The van der Waals surface area contributed by atoms with Gasteiger partial charge in [0, 0.05) is 0 Å². The van der Waals surface area contributed by atoms with Gasteiger partial charge in [-0.1, -0.05) is 38.5 Å². The van der Waals surface area contributed by atoms with Crippen molar-refractivity contribution < 1.29 is 0 Å². The lowest BCUT2D eigenvalue weighted by atomic mass is 9.84. The fraction of sp³-hybridized carbons (Fsp3) is 1.00. The molecule has 3 aliphatic rings. The highest BCUT2D eigenvalue weighted by molar-refractivity contribution is 5.06. The molecule has 0 radical (unpaired) electrons. The van der Waals surface area contributed by atoms with Crippen LogP contribution in [0.3, 0.4) is 0 Å². The van der Waals surface area contributed by atoms with E-state index in [1.165, 1.54) is 51.6 Å². The van der Waals surface area contributed by atoms with Gasteiger partial charge in [-0.2, -0.15) is 0 Å². The van der Waals surface area contributed by atoms with Crippen LogP contribution in [0.1, 0.15) is 57.8 Å². The Morgan fingerprint density at radius 3 is 2.20 bits per heavy atom. The average Bonchev–Trinajstić information content (AvgIpc) is 2.99. The second-order valence-corrected chi connectivity index (χ2v) is 6.17. The molecule has 1 saturated heterocycles. The maximum absolute atomic E-state index is 3.52. The minimum atomic E-state index is 0.834. The Hall–Kier alpha value is -0.0400. The van der Waals surface area contributed by atoms with E-state index >= 15 is 0 Å². The van der Waals surface area contributed by atoms with E-state index in [-0.39, 0.29) is 0 Å². The summed E-state index contributed by atoms with van der Waals surface area (Å²) in [4.78, 5) is 0. The molecule has 3 fully saturated rings. The molecule has 1 heteroatoms. The Kier molecular flexibility index (Phi) is 2.76. The van der Waals surface area contributed by atoms with Gasteiger partial charge in [-0.15, -0.1) is 0 Å². The van der Waals surface area contributed by atoms with Gasteiger partial charge in [0.2, 0.25) is 0 Å². The highest BCUT2D eigenvalue weighted by atomic mass is 14.9. The number of hydrogen-bond acceptors (Lipinski definition) is 1. The molecule has 0 bridgehead atoms. The molecular weight excluding hydrogens is 182 g/mol. The predicted octanol–water partition coefficient (Wildman–Crippen LogP) is 3.35. The zero-order valence-corrected chi connectivity index (χ0v) is 9.93. The molecular formula is C14H25N. The van der Waals surface area contributed by atoms with Crippen LogP contribution < -0.4 is 5.32 Å². The SMILES string of the molecule is C1CCCC(C2CC23CCNCC3)CC1. The monoisotopic (exact) mass is 207 g/mol. The molecule has 1 atom stereocenters. The van der Waals surface area contributed by atoms with Crippen molar-refractivity contribution in [2.75, 3.05) is 13.1 Å². The van der Waals surface area contributed by atoms with Crippen LogP contribution in [-0.4, -0.2) is 13.1 Å². The first-order chi connectivity index (χ1) is 7.41. The zero-order valence-electron chi connectivity index (χ0n) is 9.93. The standard InChI is InChI=1S/C14H25N/c1-2-4-6-12(5-3-1)13-11-14(13)7-9-15-10-8-14/h12-13,15H,1-11H2. The van der Waals surface area contributed by atoms with Crippen molar-refractivity contribution in [3.63, 3.8) is 0 Å². The van der Waals surface area contributed by atoms with Gasteiger partial charge in [0.1, 0.15) is 0 Å². The molecule has 3 rings (SSSR count). The maximum atomic E-state index is 3.52. The van der Waals surface area contributed by atoms with Crippen molar-refractivity contribution >= 4 is 0 Å². The van der Waals surface area contributed by atoms with Gasteiger partial charge in [-0.3, -0.25) is 0 Å². The van der Waals surface area contributed by atoms with E-state index in [0.29, 0.717) is 0 Å². The lowest BCUT2D eigenvalue weighted by Gasteiger charge is -2.26. The Balaban J connectivity index is 1.59. The van der Waals surface area contributed by atoms with E-state index in [0.717, 1.165) is 17.3 Å². The van der Waals surface area contributed by atoms with Crippen molar-refractivity contribution in [1.82, 2.24) is 5.32 Å². The van der Waals surface area contributed by atoms with Crippen LogP contribution in [0.15, 0.2) is 0 Å². The Morgan fingerprint density at radius 2 is 1.53 bits per heavy atom. The molecule has 0 aromatic rings. The van der Waals surface area contributed by atoms with Gasteiger partial charge in [0.15, 0.2) is 0 Å². The van der Waals surface area contributed by atoms with Crippen molar-refractivity contribution in [2.45, 2.75) is 57.8 Å². The van der Waals surface area contributed by atoms with Gasteiger partial charge in [-0.25, -0.2) is 0 Å². The first-order valence-corrected chi connectivity index (χ1v) is 7.11. The van der Waals surface area contributed by atoms with Crippen molar-refractivity contribution in [3.8, 4) is 0 Å². The fourth-order valence-electron chi connectivity index (χ4n) is 4.26. The summed E-state index contributed by atoms with van der Waals surface area (Å²) >= 11 is 0. The van der Waals surface area contributed by atoms with Crippen LogP contribution in [0.25, 0.3) is 0 Å². The summed E-state index contributed by atoms with van der Waals surface area (Å²) in [5.41, 5.74) is 0.834. The zero-order chi connectivity index (χ0) is 10.1. The Bertz CT molecular complexity index is 209. The third-order valence-electron chi connectivity index (χ3n) is 5.32. The summed E-state index contributed by atoms with van der Waals surface area (Å²) in [6.07, 6.45) is 13.7. The number of piperidine rings is 1. The van der Waals surface area contributed by atoms with E-state index in [1.807, 2.05) is 0 Å². The topological polar surface area (TPSA) is 12.0 Å². The lowest BCUT2D eigenvalue weighted by molar-refractivity contribution is 0.267. The van der Waals surface area contributed by atoms with Gasteiger partial charge < -0.3 is 5.32 Å². The third kappa shape index (κ3) is 1.95. The first kappa shape index (κ1) is 10.1. The van der Waals surface area contributed by atoms with Crippen molar-refractivity contribution in [3.05, 3.63) is 0 Å². The molecule has 1 nitrogen and oxygen atoms in total. The third-order valence-corrected chi connectivity index (χ3v) is 5.32. The highest BCUT2D eigenvalue weighted by Gasteiger charge is 2.56. The first-order valence-electron chi connectivity index (χ1n) is 7.11. The molecule has 0 aromatic heterocycles. The fourth-order valence-corrected chi connectivity index (χ4v) is 4.26. The summed E-state index contributed by atoms with van der Waals surface area (Å²) in [7, 11) is 0. The van der Waals surface area contributed by atoms with Crippen molar-refractivity contribution in [2.24, 2.45) is 17.3 Å². The summed E-state index contributed by atoms with van der Waals surface area (Å²) < 4.78 is 0. The molecule has 0 aromatic carbocycles. The second kappa shape index (κ2) is 4.08. The molecule has 2 saturated carbocycles. The van der Waals surface area contributed by atoms with E-state index in [2.05, 4.69) is 5.32 Å². The second-order valence-electron chi connectivity index (χ2n) is 6.17. The molecule has 1 spiro atoms. The Morgan fingerprint density at radius 1 is 0.867 bits per heavy atom. The molecule has 1 unspecified atom stereocenters. The normalized spacial score (nSPS) is 36.4. The summed E-state index contributed by atoms with van der Waals surface area (Å²) in [6.45, 7) is 2.59. The predicted molar refractivity (Wildman–Crippen MR) is 63.8 cm³/mol. The number of hydrogen-bond donors (Lipinski definition) is 1. The van der Waals surface area contributed by atoms with E-state index in [4.69, 9.17) is 0 Å². The van der Waals surface area contributed by atoms with Crippen LogP contribution in [0.2, 0.25) is 0 Å². The van der Waals surface area contributed by atoms with Gasteiger partial charge in [-0.05, 0) is 49.6 Å². The largest absolute Gasteiger partial charge is 0.317 e. The van der Waals surface area contributed by atoms with E-state index in [1.54, 1.807) is 19.3 Å². The summed E-state index contributed by atoms with van der Waals surface area (Å²) in [5, 5.41) is 3.52. The molecule has 2 aliphatic carbocycles. The van der Waals surface area contributed by atoms with Crippen LogP contribution in [-0.2, 0) is 0 Å². The lowest BCUT2D eigenvalue weighted by Crippen LogP contribution is -2.30. The molecule has 1 heterocycles. The van der Waals surface area contributed by atoms with E-state index < -0.39 is 0 Å². The Labute approximate surface area is 94.0 Å². The molecule has 1 aliphatic heterocycles. The van der Waals surface area contributed by atoms with Crippen LogP contribution in [0.5, 0.6) is 0 Å². The quantitative estimate of drug-likeness (QED) is 0.650. The number of rotatable bonds is 1. The van der Waals surface area contributed by atoms with Crippen molar-refractivity contribution in [1.29, 1.82) is 0 Å². The van der Waals surface area contributed by atoms with Gasteiger partial charge in [0.05, 0.1) is 0 Å². The van der Waals surface area contributed by atoms with Crippen LogP contribution >= 0.6 is 0 Å². The average molecular weight is 207 g/mol. The smallest absolute Gasteiger partial charge is 0.00435 e. The molecule has 0 amide bonds. The highest BCUT2D eigenvalue weighted by Crippen LogP contribution is 2.63. The molecule has 1 N–H and O–H groups in total. The van der Waals surface area contributed by atoms with Crippen LogP contribution in [0.4, 0.5) is 0 Å². The van der Waals surface area contributed by atoms with E-state index in [9.17, 15) is 0 Å². The summed E-state index contributed by atoms with van der Waals surface area (Å²) in [5.74, 6) is 2.25. The minimum Gasteiger partial charge on any atom is -0.317 e. The minimum absolute atomic E-state index is 0.834. The van der Waals surface area contributed by atoms with Crippen LogP contribution in [0, 0.1) is 17.3 Å². The van der Waals surface area contributed by atoms with Gasteiger partial charge >= 0.3 is 0 Å². The summed E-state index contributed by atoms with van der Waals surface area (Å²) in [6, 6.07) is 0. The molecule has 15 heavy (non-hydrogen) atoms. The number of nitrogens with one attached hydrogen (secondary N) is 1.